The van der Waals surface area contributed by atoms with Crippen molar-refractivity contribution in [3.05, 3.63) is 0 Å². The van der Waals surface area contributed by atoms with Crippen LogP contribution < -0.4 is 0 Å². The number of hydroxylamine groups is 2. The zero-order valence-corrected chi connectivity index (χ0v) is 7.33. The molecule has 0 saturated heterocycles. The molecule has 0 aromatic heterocycles. The Morgan fingerprint density at radius 2 is 2.36 bits per heavy atom. The summed E-state index contributed by atoms with van der Waals surface area (Å²) < 4.78 is 0. The molecular weight excluding hydrogens is 142 g/mol. The van der Waals surface area contributed by atoms with Gasteiger partial charge in [0.15, 0.2) is 0 Å². The molecule has 3 nitrogen and oxygen atoms in total. The molecule has 11 heavy (non-hydrogen) atoms. The van der Waals surface area contributed by atoms with Crippen molar-refractivity contribution in [2.24, 2.45) is 11.8 Å². The van der Waals surface area contributed by atoms with Crippen LogP contribution in [0, 0.1) is 11.8 Å². The zero-order chi connectivity index (χ0) is 8.43. The third kappa shape index (κ3) is 1.71. The van der Waals surface area contributed by atoms with Crippen molar-refractivity contribution in [3.63, 3.8) is 0 Å². The van der Waals surface area contributed by atoms with Gasteiger partial charge in [-0.05, 0) is 12.3 Å². The Kier molecular flexibility index (Phi) is 2.49. The maximum atomic E-state index is 11.3. The van der Waals surface area contributed by atoms with Crippen LogP contribution in [-0.2, 0) is 9.63 Å². The fraction of sp³-hybridized carbons (Fsp3) is 0.875. The summed E-state index contributed by atoms with van der Waals surface area (Å²) in [6.07, 6.45) is 2.15. The number of nitrogens with zero attached hydrogens (tertiary/aromatic N) is 1. The van der Waals surface area contributed by atoms with E-state index >= 15 is 0 Å². The van der Waals surface area contributed by atoms with Crippen LogP contribution in [0.1, 0.15) is 19.8 Å². The molecule has 1 aliphatic carbocycles. The van der Waals surface area contributed by atoms with E-state index in [-0.39, 0.29) is 11.8 Å². The summed E-state index contributed by atoms with van der Waals surface area (Å²) in [5.74, 6) is 0.976. The highest BCUT2D eigenvalue weighted by molar-refractivity contribution is 5.80. The third-order valence-electron chi connectivity index (χ3n) is 2.35. The van der Waals surface area contributed by atoms with E-state index in [1.54, 1.807) is 7.05 Å². The van der Waals surface area contributed by atoms with Crippen LogP contribution in [0.15, 0.2) is 0 Å². The largest absolute Gasteiger partial charge is 0.275 e. The van der Waals surface area contributed by atoms with Gasteiger partial charge < -0.3 is 0 Å². The van der Waals surface area contributed by atoms with Crippen molar-refractivity contribution in [1.82, 2.24) is 5.06 Å². The first-order valence-electron chi connectivity index (χ1n) is 4.02. The standard InChI is InChI=1S/C8H15NO2/c1-4-6-5-7(6)8(10)9(2)11-3/h6-7H,4-5H2,1-3H3/t6-,7-/m1/s1. The Balaban J connectivity index is 2.33. The van der Waals surface area contributed by atoms with Gasteiger partial charge >= 0.3 is 0 Å². The fourth-order valence-corrected chi connectivity index (χ4v) is 1.32. The molecule has 0 heterocycles. The number of carbonyl (C=O) groups is 1. The predicted molar refractivity (Wildman–Crippen MR) is 41.7 cm³/mol. The number of rotatable bonds is 3. The van der Waals surface area contributed by atoms with Crippen LogP contribution in [0.2, 0.25) is 0 Å². The molecule has 2 atom stereocenters. The van der Waals surface area contributed by atoms with Crippen molar-refractivity contribution in [1.29, 1.82) is 0 Å². The van der Waals surface area contributed by atoms with Crippen LogP contribution >= 0.6 is 0 Å². The summed E-state index contributed by atoms with van der Waals surface area (Å²) in [6.45, 7) is 2.12. The van der Waals surface area contributed by atoms with Crippen molar-refractivity contribution >= 4 is 5.91 Å². The molecule has 0 aromatic carbocycles. The average molecular weight is 157 g/mol. The minimum absolute atomic E-state index is 0.124. The monoisotopic (exact) mass is 157 g/mol. The van der Waals surface area contributed by atoms with Gasteiger partial charge in [-0.15, -0.1) is 0 Å². The minimum Gasteiger partial charge on any atom is -0.275 e. The summed E-state index contributed by atoms with van der Waals surface area (Å²) in [4.78, 5) is 16.1. The predicted octanol–water partition coefficient (Wildman–Crippen LogP) is 1.05. The lowest BCUT2D eigenvalue weighted by molar-refractivity contribution is -0.170. The van der Waals surface area contributed by atoms with E-state index in [1.807, 2.05) is 0 Å². The lowest BCUT2D eigenvalue weighted by Crippen LogP contribution is -2.27. The van der Waals surface area contributed by atoms with Crippen molar-refractivity contribution in [3.8, 4) is 0 Å². The Hall–Kier alpha value is -0.570. The fourth-order valence-electron chi connectivity index (χ4n) is 1.32. The number of amides is 1. The zero-order valence-electron chi connectivity index (χ0n) is 7.33. The second-order valence-corrected chi connectivity index (χ2v) is 3.03. The molecule has 0 aliphatic heterocycles. The Labute approximate surface area is 67.3 Å². The van der Waals surface area contributed by atoms with E-state index < -0.39 is 0 Å². The highest BCUT2D eigenvalue weighted by atomic mass is 16.7. The summed E-state index contributed by atoms with van der Waals surface area (Å²) in [7, 11) is 3.18. The second kappa shape index (κ2) is 3.22. The van der Waals surface area contributed by atoms with Crippen molar-refractivity contribution in [2.75, 3.05) is 14.2 Å². The first kappa shape index (κ1) is 8.53. The van der Waals surface area contributed by atoms with Crippen LogP contribution in [0.3, 0.4) is 0 Å². The van der Waals surface area contributed by atoms with E-state index in [4.69, 9.17) is 4.84 Å². The summed E-state index contributed by atoms with van der Waals surface area (Å²) in [6, 6.07) is 0. The van der Waals surface area contributed by atoms with Gasteiger partial charge in [-0.25, -0.2) is 5.06 Å². The summed E-state index contributed by atoms with van der Waals surface area (Å²) in [5.41, 5.74) is 0. The summed E-state index contributed by atoms with van der Waals surface area (Å²) >= 11 is 0. The lowest BCUT2D eigenvalue weighted by atomic mass is 10.2. The van der Waals surface area contributed by atoms with Gasteiger partial charge in [-0.1, -0.05) is 13.3 Å². The van der Waals surface area contributed by atoms with Gasteiger partial charge in [-0.3, -0.25) is 9.63 Å². The topological polar surface area (TPSA) is 29.5 Å². The van der Waals surface area contributed by atoms with Crippen LogP contribution in [0.4, 0.5) is 0 Å². The molecule has 0 radical (unpaired) electrons. The molecule has 1 saturated carbocycles. The van der Waals surface area contributed by atoms with Gasteiger partial charge in [0.2, 0.25) is 5.91 Å². The van der Waals surface area contributed by atoms with E-state index in [2.05, 4.69) is 6.92 Å². The quantitative estimate of drug-likeness (QED) is 0.573. The van der Waals surface area contributed by atoms with Gasteiger partial charge in [0.1, 0.15) is 0 Å². The summed E-state index contributed by atoms with van der Waals surface area (Å²) in [5, 5.41) is 1.32. The van der Waals surface area contributed by atoms with Gasteiger partial charge in [0.25, 0.3) is 0 Å². The second-order valence-electron chi connectivity index (χ2n) is 3.03. The smallest absolute Gasteiger partial charge is 0.249 e. The SMILES string of the molecule is CC[C@@H]1C[C@H]1C(=O)N(C)OC. The normalized spacial score (nSPS) is 28.3. The van der Waals surface area contributed by atoms with E-state index in [1.165, 1.54) is 12.2 Å². The molecular formula is C8H15NO2. The molecule has 1 rings (SSSR count). The first-order chi connectivity index (χ1) is 5.20. The number of hydrogen-bond donors (Lipinski definition) is 0. The number of hydrogen-bond acceptors (Lipinski definition) is 2. The van der Waals surface area contributed by atoms with Crippen LogP contribution in [0.25, 0.3) is 0 Å². The lowest BCUT2D eigenvalue weighted by Gasteiger charge is -2.12. The molecule has 0 unspecified atom stereocenters. The molecule has 3 heteroatoms. The molecule has 0 bridgehead atoms. The molecule has 1 fully saturated rings. The van der Waals surface area contributed by atoms with E-state index in [9.17, 15) is 4.79 Å². The van der Waals surface area contributed by atoms with Crippen molar-refractivity contribution in [2.45, 2.75) is 19.8 Å². The third-order valence-corrected chi connectivity index (χ3v) is 2.35. The van der Waals surface area contributed by atoms with Gasteiger partial charge in [-0.2, -0.15) is 0 Å². The Morgan fingerprint density at radius 3 is 2.73 bits per heavy atom. The molecule has 1 aliphatic rings. The van der Waals surface area contributed by atoms with Gasteiger partial charge in [0.05, 0.1) is 7.11 Å². The average Bonchev–Trinajstić information content (AvgIpc) is 2.80. The molecule has 0 N–H and O–H groups in total. The maximum Gasteiger partial charge on any atom is 0.249 e. The Morgan fingerprint density at radius 1 is 1.73 bits per heavy atom. The highest BCUT2D eigenvalue weighted by Crippen LogP contribution is 2.41. The highest BCUT2D eigenvalue weighted by Gasteiger charge is 2.42. The molecule has 64 valence electrons. The molecule has 1 amide bonds. The Bertz CT molecular complexity index is 158. The van der Waals surface area contributed by atoms with Crippen molar-refractivity contribution < 1.29 is 9.63 Å². The number of carbonyl (C=O) groups excluding carboxylic acids is 1. The first-order valence-corrected chi connectivity index (χ1v) is 4.02. The van der Waals surface area contributed by atoms with Crippen LogP contribution in [0.5, 0.6) is 0 Å². The van der Waals surface area contributed by atoms with Gasteiger partial charge in [0, 0.05) is 13.0 Å². The molecule has 0 aromatic rings. The van der Waals surface area contributed by atoms with E-state index in [0.29, 0.717) is 5.92 Å². The van der Waals surface area contributed by atoms with Crippen LogP contribution in [-0.4, -0.2) is 25.1 Å². The van der Waals surface area contributed by atoms with E-state index in [0.717, 1.165) is 12.8 Å². The maximum absolute atomic E-state index is 11.3. The molecule has 0 spiro atoms. The minimum atomic E-state index is 0.124.